The van der Waals surface area contributed by atoms with Crippen molar-refractivity contribution in [3.8, 4) is 0 Å². The molecular formula is C12H20BN. The second-order valence-corrected chi connectivity index (χ2v) is 3.23. The third-order valence-electron chi connectivity index (χ3n) is 2.12. The van der Waals surface area contributed by atoms with Gasteiger partial charge in [-0.3, -0.25) is 0 Å². The first kappa shape index (κ1) is 13.0. The van der Waals surface area contributed by atoms with Gasteiger partial charge in [0.05, 0.1) is 0 Å². The second kappa shape index (κ2) is 8.58. The third-order valence-corrected chi connectivity index (χ3v) is 2.12. The van der Waals surface area contributed by atoms with Gasteiger partial charge >= 0.3 is 0 Å². The summed E-state index contributed by atoms with van der Waals surface area (Å²) in [6.07, 6.45) is 9.70. The number of allylic oxidation sites excluding steroid dienone is 2. The highest BCUT2D eigenvalue weighted by molar-refractivity contribution is 6.56. The number of hydrogen-bond acceptors (Lipinski definition) is 1. The Balaban J connectivity index is 4.32. The second-order valence-electron chi connectivity index (χ2n) is 3.23. The molecule has 76 valence electrons. The molecule has 0 aromatic heterocycles. The van der Waals surface area contributed by atoms with Gasteiger partial charge in [0.2, 0.25) is 6.85 Å². The molecule has 0 heterocycles. The summed E-state index contributed by atoms with van der Waals surface area (Å²) in [7, 11) is 0. The van der Waals surface area contributed by atoms with E-state index in [1.54, 1.807) is 0 Å². The zero-order chi connectivity index (χ0) is 10.8. The van der Waals surface area contributed by atoms with Crippen LogP contribution in [0.1, 0.15) is 0 Å². The lowest BCUT2D eigenvalue weighted by molar-refractivity contribution is 0.528. The summed E-state index contributed by atoms with van der Waals surface area (Å²) in [4.78, 5) is 2.32. The molecule has 0 N–H and O–H groups in total. The van der Waals surface area contributed by atoms with Crippen molar-refractivity contribution in [1.82, 2.24) is 4.81 Å². The molecule has 0 saturated heterocycles. The van der Waals surface area contributed by atoms with Crippen molar-refractivity contribution < 1.29 is 0 Å². The Bertz CT molecular complexity index is 156. The lowest BCUT2D eigenvalue weighted by Crippen LogP contribution is -2.38. The fraction of sp³-hybridized carbons (Fsp3) is 0.333. The van der Waals surface area contributed by atoms with Crippen molar-refractivity contribution in [2.24, 2.45) is 0 Å². The molecule has 0 aliphatic heterocycles. The van der Waals surface area contributed by atoms with Crippen LogP contribution >= 0.6 is 0 Å². The van der Waals surface area contributed by atoms with Crippen LogP contribution in [0.2, 0.25) is 12.6 Å². The molecule has 0 saturated carbocycles. The molecule has 1 nitrogen and oxygen atoms in total. The van der Waals surface area contributed by atoms with Gasteiger partial charge in [-0.25, -0.2) is 0 Å². The average molecular weight is 189 g/mol. The maximum Gasteiger partial charge on any atom is 0.231 e. The first-order chi connectivity index (χ1) is 6.79. The summed E-state index contributed by atoms with van der Waals surface area (Å²) >= 11 is 0. The predicted octanol–water partition coefficient (Wildman–Crippen LogP) is 3.02. The highest BCUT2D eigenvalue weighted by atomic mass is 15.0. The normalized spacial score (nSPS) is 9.50. The zero-order valence-corrected chi connectivity index (χ0v) is 8.99. The minimum Gasteiger partial charge on any atom is -0.335 e. The molecule has 14 heavy (non-hydrogen) atoms. The van der Waals surface area contributed by atoms with Gasteiger partial charge in [0, 0.05) is 13.1 Å². The van der Waals surface area contributed by atoms with Gasteiger partial charge in [0.15, 0.2) is 0 Å². The van der Waals surface area contributed by atoms with E-state index < -0.39 is 0 Å². The van der Waals surface area contributed by atoms with Gasteiger partial charge in [0.25, 0.3) is 0 Å². The Morgan fingerprint density at radius 2 is 1.21 bits per heavy atom. The van der Waals surface area contributed by atoms with Crippen molar-refractivity contribution in [2.45, 2.75) is 12.6 Å². The summed E-state index contributed by atoms with van der Waals surface area (Å²) < 4.78 is 0. The van der Waals surface area contributed by atoms with Crippen LogP contribution < -0.4 is 0 Å². The minimum absolute atomic E-state index is 0.473. The Kier molecular flexibility index (Phi) is 7.96. The summed E-state index contributed by atoms with van der Waals surface area (Å²) in [6, 6.07) is 0. The minimum atomic E-state index is 0.473. The van der Waals surface area contributed by atoms with E-state index >= 15 is 0 Å². The lowest BCUT2D eigenvalue weighted by atomic mass is 9.54. The molecule has 0 aliphatic carbocycles. The molecule has 0 atom stereocenters. The van der Waals surface area contributed by atoms with Gasteiger partial charge in [-0.2, -0.15) is 0 Å². The van der Waals surface area contributed by atoms with E-state index in [0.29, 0.717) is 6.85 Å². The predicted molar refractivity (Wildman–Crippen MR) is 67.7 cm³/mol. The van der Waals surface area contributed by atoms with E-state index in [1.165, 1.54) is 0 Å². The van der Waals surface area contributed by atoms with Crippen molar-refractivity contribution >= 4 is 6.85 Å². The molecule has 0 radical (unpaired) electrons. The third kappa shape index (κ3) is 4.88. The topological polar surface area (TPSA) is 3.24 Å². The van der Waals surface area contributed by atoms with Crippen LogP contribution in [0.15, 0.2) is 50.6 Å². The first-order valence-corrected chi connectivity index (χ1v) is 4.97. The average Bonchev–Trinajstić information content (AvgIpc) is 2.17. The Morgan fingerprint density at radius 1 is 0.786 bits per heavy atom. The van der Waals surface area contributed by atoms with Crippen molar-refractivity contribution in [1.29, 1.82) is 0 Å². The van der Waals surface area contributed by atoms with Crippen LogP contribution in [0, 0.1) is 0 Å². The van der Waals surface area contributed by atoms with E-state index in [0.717, 1.165) is 25.7 Å². The van der Waals surface area contributed by atoms with E-state index in [2.05, 4.69) is 31.1 Å². The van der Waals surface area contributed by atoms with Gasteiger partial charge in [0.1, 0.15) is 0 Å². The fourth-order valence-corrected chi connectivity index (χ4v) is 1.48. The lowest BCUT2D eigenvalue weighted by Gasteiger charge is -2.25. The smallest absolute Gasteiger partial charge is 0.231 e. The van der Waals surface area contributed by atoms with Crippen molar-refractivity contribution in [3.63, 3.8) is 0 Å². The van der Waals surface area contributed by atoms with Gasteiger partial charge in [-0.1, -0.05) is 24.3 Å². The van der Waals surface area contributed by atoms with Crippen molar-refractivity contribution in [3.05, 3.63) is 50.6 Å². The molecule has 0 aliphatic rings. The number of nitrogens with zero attached hydrogens (tertiary/aromatic N) is 1. The largest absolute Gasteiger partial charge is 0.335 e. The van der Waals surface area contributed by atoms with Crippen LogP contribution in [0.3, 0.4) is 0 Å². The summed E-state index contributed by atoms with van der Waals surface area (Å²) in [6.45, 7) is 17.3. The molecule has 0 amide bonds. The zero-order valence-electron chi connectivity index (χ0n) is 8.99. The highest BCUT2D eigenvalue weighted by Crippen LogP contribution is 2.07. The molecule has 0 aromatic carbocycles. The molecule has 0 spiro atoms. The Morgan fingerprint density at radius 3 is 1.50 bits per heavy atom. The SMILES string of the molecule is C=CCB(CC=C)N(CC=C)CC=C. The quantitative estimate of drug-likeness (QED) is 0.398. The maximum atomic E-state index is 3.77. The van der Waals surface area contributed by atoms with Gasteiger partial charge < -0.3 is 4.81 Å². The molecule has 0 rings (SSSR count). The van der Waals surface area contributed by atoms with Crippen LogP contribution in [-0.4, -0.2) is 24.7 Å². The Hall–Kier alpha value is -1.02. The van der Waals surface area contributed by atoms with Crippen molar-refractivity contribution in [2.75, 3.05) is 13.1 Å². The molecule has 0 bridgehead atoms. The standard InChI is InChI=1S/C12H20BN/c1-5-9-13(10-6-2)14(11-7-3)12-8-4/h5-8H,1-4,9-12H2. The van der Waals surface area contributed by atoms with E-state index in [4.69, 9.17) is 0 Å². The van der Waals surface area contributed by atoms with Gasteiger partial charge in [-0.05, 0) is 12.6 Å². The molecule has 2 heteroatoms. The first-order valence-electron chi connectivity index (χ1n) is 4.97. The fourth-order valence-electron chi connectivity index (χ4n) is 1.48. The van der Waals surface area contributed by atoms with E-state index in [9.17, 15) is 0 Å². The summed E-state index contributed by atoms with van der Waals surface area (Å²) in [5.41, 5.74) is 0. The number of hydrogen-bond donors (Lipinski definition) is 0. The van der Waals surface area contributed by atoms with Crippen LogP contribution in [0.4, 0.5) is 0 Å². The summed E-state index contributed by atoms with van der Waals surface area (Å²) in [5, 5.41) is 0. The molecular weight excluding hydrogens is 169 g/mol. The molecule has 0 fully saturated rings. The van der Waals surface area contributed by atoms with Crippen LogP contribution in [0.25, 0.3) is 0 Å². The monoisotopic (exact) mass is 189 g/mol. The maximum absolute atomic E-state index is 3.77. The number of rotatable bonds is 9. The Labute approximate surface area is 88.6 Å². The van der Waals surface area contributed by atoms with E-state index in [-0.39, 0.29) is 0 Å². The highest BCUT2D eigenvalue weighted by Gasteiger charge is 2.17. The summed E-state index contributed by atoms with van der Waals surface area (Å²) in [5.74, 6) is 0. The molecule has 0 aromatic rings. The van der Waals surface area contributed by atoms with Crippen LogP contribution in [0.5, 0.6) is 0 Å². The van der Waals surface area contributed by atoms with Crippen LogP contribution in [-0.2, 0) is 0 Å². The molecule has 0 unspecified atom stereocenters. The van der Waals surface area contributed by atoms with Gasteiger partial charge in [-0.15, -0.1) is 26.3 Å². The van der Waals surface area contributed by atoms with E-state index in [1.807, 2.05) is 24.3 Å².